The summed E-state index contributed by atoms with van der Waals surface area (Å²) in [4.78, 5) is 20.3. The Morgan fingerprint density at radius 2 is 1.39 bits per heavy atom. The molecule has 0 radical (unpaired) electrons. The molecule has 0 spiro atoms. The van der Waals surface area contributed by atoms with Crippen molar-refractivity contribution in [2.75, 3.05) is 0 Å². The fourth-order valence-electron chi connectivity index (χ4n) is 3.11. The van der Waals surface area contributed by atoms with Crippen LogP contribution in [0.25, 0.3) is 22.4 Å². The molecule has 0 saturated carbocycles. The van der Waals surface area contributed by atoms with E-state index >= 15 is 0 Å². The van der Waals surface area contributed by atoms with Crippen molar-refractivity contribution in [1.82, 2.24) is 15.3 Å². The van der Waals surface area contributed by atoms with Crippen molar-refractivity contribution in [1.29, 1.82) is 0 Å². The van der Waals surface area contributed by atoms with Crippen molar-refractivity contribution in [3.05, 3.63) is 103 Å². The van der Waals surface area contributed by atoms with Crippen LogP contribution in [0, 0.1) is 0 Å². The van der Waals surface area contributed by atoms with Gasteiger partial charge in [-0.15, -0.1) is 0 Å². The molecule has 28 heavy (non-hydrogen) atoms. The zero-order valence-corrected chi connectivity index (χ0v) is 15.6. The summed E-state index contributed by atoms with van der Waals surface area (Å²) in [6, 6.07) is 27.5. The summed E-state index contributed by atoms with van der Waals surface area (Å²) in [5.74, 6) is 0.609. The molecule has 0 fully saturated rings. The maximum Gasteiger partial charge on any atom is 0.251 e. The van der Waals surface area contributed by atoms with Crippen LogP contribution < -0.4 is 5.32 Å². The lowest BCUT2D eigenvalue weighted by molar-refractivity contribution is 0.0938. The zero-order chi connectivity index (χ0) is 19.3. The minimum Gasteiger partial charge on any atom is -0.342 e. The molecule has 1 unspecified atom stereocenters. The molecule has 138 valence electrons. The van der Waals surface area contributed by atoms with Gasteiger partial charge in [-0.25, -0.2) is 4.98 Å². The lowest BCUT2D eigenvalue weighted by Crippen LogP contribution is -2.27. The van der Waals surface area contributed by atoms with E-state index in [4.69, 9.17) is 0 Å². The largest absolute Gasteiger partial charge is 0.342 e. The molecule has 1 aromatic heterocycles. The summed E-state index contributed by atoms with van der Waals surface area (Å²) in [6.07, 6.45) is 1.79. The highest BCUT2D eigenvalue weighted by molar-refractivity contribution is 5.94. The number of nitrogens with one attached hydrogen (secondary N) is 2. The van der Waals surface area contributed by atoms with E-state index in [9.17, 15) is 4.79 Å². The average molecular weight is 367 g/mol. The lowest BCUT2D eigenvalue weighted by atomic mass is 10.0. The van der Waals surface area contributed by atoms with Gasteiger partial charge in [0.2, 0.25) is 0 Å². The number of hydrogen-bond acceptors (Lipinski definition) is 2. The van der Waals surface area contributed by atoms with Crippen LogP contribution >= 0.6 is 0 Å². The van der Waals surface area contributed by atoms with Gasteiger partial charge in [0.15, 0.2) is 0 Å². The summed E-state index contributed by atoms with van der Waals surface area (Å²) in [5.41, 5.74) is 4.84. The molecule has 1 amide bonds. The van der Waals surface area contributed by atoms with Gasteiger partial charge in [-0.1, -0.05) is 72.8 Å². The maximum absolute atomic E-state index is 12.6. The van der Waals surface area contributed by atoms with Crippen molar-refractivity contribution in [2.24, 2.45) is 0 Å². The molecule has 1 heterocycles. The third-order valence-corrected chi connectivity index (χ3v) is 4.69. The van der Waals surface area contributed by atoms with E-state index in [0.29, 0.717) is 5.56 Å². The second-order valence-electron chi connectivity index (χ2n) is 6.69. The van der Waals surface area contributed by atoms with Crippen LogP contribution in [0.4, 0.5) is 0 Å². The van der Waals surface area contributed by atoms with Gasteiger partial charge in [-0.3, -0.25) is 4.79 Å². The Bertz CT molecular complexity index is 1050. The molecular formula is C24H21N3O. The summed E-state index contributed by atoms with van der Waals surface area (Å²) in [7, 11) is 0. The first-order chi connectivity index (χ1) is 13.7. The van der Waals surface area contributed by atoms with E-state index in [2.05, 4.69) is 27.4 Å². The van der Waals surface area contributed by atoms with E-state index in [1.165, 1.54) is 0 Å². The first-order valence-corrected chi connectivity index (χ1v) is 9.27. The minimum atomic E-state index is -0.223. The van der Waals surface area contributed by atoms with Crippen LogP contribution in [-0.2, 0) is 0 Å². The first kappa shape index (κ1) is 17.7. The fourth-order valence-corrected chi connectivity index (χ4v) is 3.11. The van der Waals surface area contributed by atoms with Crippen molar-refractivity contribution in [3.63, 3.8) is 0 Å². The van der Waals surface area contributed by atoms with Crippen LogP contribution in [0.1, 0.15) is 29.1 Å². The van der Waals surface area contributed by atoms with Gasteiger partial charge < -0.3 is 10.3 Å². The van der Waals surface area contributed by atoms with Crippen molar-refractivity contribution in [3.8, 4) is 22.4 Å². The van der Waals surface area contributed by atoms with E-state index in [1.807, 2.05) is 79.7 Å². The number of rotatable bonds is 5. The Morgan fingerprint density at radius 3 is 2.04 bits per heavy atom. The predicted octanol–water partition coefficient (Wildman–Crippen LogP) is 5.23. The summed E-state index contributed by atoms with van der Waals surface area (Å²) < 4.78 is 0. The van der Waals surface area contributed by atoms with E-state index in [0.717, 1.165) is 28.2 Å². The third kappa shape index (κ3) is 3.86. The maximum atomic E-state index is 12.6. The van der Waals surface area contributed by atoms with Gasteiger partial charge in [0.25, 0.3) is 5.91 Å². The average Bonchev–Trinajstić information content (AvgIpc) is 3.26. The van der Waals surface area contributed by atoms with Crippen LogP contribution in [-0.4, -0.2) is 15.9 Å². The van der Waals surface area contributed by atoms with Gasteiger partial charge in [0, 0.05) is 5.56 Å². The third-order valence-electron chi connectivity index (χ3n) is 4.69. The SMILES string of the molecule is CC(NC(=O)c1ccc(-c2ccccc2)cc1)c1ncc(-c2ccccc2)[nH]1. The molecule has 0 saturated heterocycles. The normalized spacial score (nSPS) is 11.8. The molecule has 0 aliphatic heterocycles. The molecule has 3 aromatic carbocycles. The molecule has 0 bridgehead atoms. The van der Waals surface area contributed by atoms with E-state index < -0.39 is 0 Å². The number of hydrogen-bond donors (Lipinski definition) is 2. The molecule has 4 rings (SSSR count). The molecular weight excluding hydrogens is 346 g/mol. The topological polar surface area (TPSA) is 57.8 Å². The number of nitrogens with zero attached hydrogens (tertiary/aromatic N) is 1. The standard InChI is InChI=1S/C24H21N3O/c1-17(23-25-16-22(27-23)20-10-6-3-7-11-20)26-24(28)21-14-12-19(13-15-21)18-8-4-2-5-9-18/h2-17H,1H3,(H,25,27)(H,26,28). The van der Waals surface area contributed by atoms with Gasteiger partial charge in [0.05, 0.1) is 17.9 Å². The Labute approximate surface area is 164 Å². The molecule has 0 aliphatic rings. The van der Waals surface area contributed by atoms with Gasteiger partial charge in [-0.2, -0.15) is 0 Å². The lowest BCUT2D eigenvalue weighted by Gasteiger charge is -2.12. The van der Waals surface area contributed by atoms with Crippen LogP contribution in [0.2, 0.25) is 0 Å². The quantitative estimate of drug-likeness (QED) is 0.507. The van der Waals surface area contributed by atoms with Gasteiger partial charge >= 0.3 is 0 Å². The molecule has 4 aromatic rings. The molecule has 1 atom stereocenters. The minimum absolute atomic E-state index is 0.121. The fraction of sp³-hybridized carbons (Fsp3) is 0.0833. The number of benzene rings is 3. The highest BCUT2D eigenvalue weighted by atomic mass is 16.1. The number of amides is 1. The van der Waals surface area contributed by atoms with Crippen LogP contribution in [0.15, 0.2) is 91.1 Å². The molecule has 4 heteroatoms. The summed E-state index contributed by atoms with van der Waals surface area (Å²) in [5, 5.41) is 3.00. The molecule has 2 N–H and O–H groups in total. The second-order valence-corrected chi connectivity index (χ2v) is 6.69. The van der Waals surface area contributed by atoms with Crippen LogP contribution in [0.5, 0.6) is 0 Å². The summed E-state index contributed by atoms with van der Waals surface area (Å²) >= 11 is 0. The van der Waals surface area contributed by atoms with Crippen molar-refractivity contribution >= 4 is 5.91 Å². The van der Waals surface area contributed by atoms with Gasteiger partial charge in [-0.05, 0) is 35.7 Å². The highest BCUT2D eigenvalue weighted by Gasteiger charge is 2.15. The number of H-pyrrole nitrogens is 1. The smallest absolute Gasteiger partial charge is 0.251 e. The second kappa shape index (κ2) is 7.92. The Morgan fingerprint density at radius 1 is 0.821 bits per heavy atom. The number of carbonyl (C=O) groups excluding carboxylic acids is 1. The zero-order valence-electron chi connectivity index (χ0n) is 15.6. The molecule has 4 nitrogen and oxygen atoms in total. The van der Waals surface area contributed by atoms with Crippen molar-refractivity contribution < 1.29 is 4.79 Å². The van der Waals surface area contributed by atoms with Crippen LogP contribution in [0.3, 0.4) is 0 Å². The Kier molecular flexibility index (Phi) is 5.02. The number of aromatic nitrogens is 2. The Hall–Kier alpha value is -3.66. The van der Waals surface area contributed by atoms with Gasteiger partial charge in [0.1, 0.15) is 5.82 Å². The first-order valence-electron chi connectivity index (χ1n) is 9.27. The summed E-state index contributed by atoms with van der Waals surface area (Å²) in [6.45, 7) is 1.92. The van der Waals surface area contributed by atoms with E-state index in [-0.39, 0.29) is 11.9 Å². The number of imidazole rings is 1. The van der Waals surface area contributed by atoms with E-state index in [1.54, 1.807) is 6.20 Å². The Balaban J connectivity index is 1.44. The monoisotopic (exact) mass is 367 g/mol. The predicted molar refractivity (Wildman–Crippen MR) is 112 cm³/mol. The number of carbonyl (C=O) groups is 1. The highest BCUT2D eigenvalue weighted by Crippen LogP contribution is 2.21. The van der Waals surface area contributed by atoms with Crippen molar-refractivity contribution in [2.45, 2.75) is 13.0 Å². The number of aromatic amines is 1. The molecule has 0 aliphatic carbocycles.